The molecule has 0 atom stereocenters. The molecule has 0 spiro atoms. The summed E-state index contributed by atoms with van der Waals surface area (Å²) in [6, 6.07) is 12.3. The van der Waals surface area contributed by atoms with Gasteiger partial charge in [-0.25, -0.2) is 0 Å². The molecule has 2 amide bonds. The molecular formula is C21H20N2O6. The molecule has 8 nitrogen and oxygen atoms in total. The molecule has 2 heterocycles. The first-order valence-electron chi connectivity index (χ1n) is 9.03. The number of rotatable bonds is 7. The molecule has 1 N–H and O–H groups in total. The maximum absolute atomic E-state index is 13.1. The number of carbonyl (C=O) groups excluding carboxylic acids is 2. The minimum absolute atomic E-state index is 0.149. The largest absolute Gasteiger partial charge is 0.496 e. The van der Waals surface area contributed by atoms with Crippen molar-refractivity contribution in [2.75, 3.05) is 39.5 Å². The van der Waals surface area contributed by atoms with Crippen LogP contribution in [0.4, 0.5) is 5.69 Å². The highest BCUT2D eigenvalue weighted by atomic mass is 16.7. The predicted molar refractivity (Wildman–Crippen MR) is 105 cm³/mol. The second-order valence-electron chi connectivity index (χ2n) is 6.40. The normalized spacial score (nSPS) is 15.3. The Bertz CT molecular complexity index is 1000. The van der Waals surface area contributed by atoms with Crippen molar-refractivity contribution in [3.05, 3.63) is 53.7 Å². The third-order valence-corrected chi connectivity index (χ3v) is 4.71. The molecule has 8 heteroatoms. The van der Waals surface area contributed by atoms with E-state index in [0.717, 1.165) is 0 Å². The summed E-state index contributed by atoms with van der Waals surface area (Å²) in [6.07, 6.45) is 0. The number of amides is 2. The zero-order chi connectivity index (χ0) is 20.4. The maximum Gasteiger partial charge on any atom is 0.278 e. The Kier molecular flexibility index (Phi) is 5.09. The minimum Gasteiger partial charge on any atom is -0.496 e. The highest BCUT2D eigenvalue weighted by molar-refractivity contribution is 6.37. The highest BCUT2D eigenvalue weighted by Gasteiger charge is 2.40. The lowest BCUT2D eigenvalue weighted by Gasteiger charge is -2.14. The fourth-order valence-electron chi connectivity index (χ4n) is 3.30. The number of para-hydroxylation sites is 1. The highest BCUT2D eigenvalue weighted by Crippen LogP contribution is 2.38. The second kappa shape index (κ2) is 7.84. The summed E-state index contributed by atoms with van der Waals surface area (Å²) >= 11 is 0. The number of nitrogens with zero attached hydrogens (tertiary/aromatic N) is 1. The molecule has 2 aliphatic heterocycles. The van der Waals surface area contributed by atoms with E-state index >= 15 is 0 Å². The smallest absolute Gasteiger partial charge is 0.278 e. The lowest BCUT2D eigenvalue weighted by atomic mass is 10.0. The summed E-state index contributed by atoms with van der Waals surface area (Å²) in [7, 11) is 3.04. The van der Waals surface area contributed by atoms with Crippen molar-refractivity contribution >= 4 is 23.1 Å². The van der Waals surface area contributed by atoms with Gasteiger partial charge in [0, 0.05) is 24.4 Å². The SMILES string of the molecule is COCCN1C(=O)C(Nc2ccc3c(c2)OCO3)=C(c2ccccc2OC)C1=O. The predicted octanol–water partition coefficient (Wildman–Crippen LogP) is 2.26. The number of benzene rings is 2. The zero-order valence-electron chi connectivity index (χ0n) is 16.1. The third-order valence-electron chi connectivity index (χ3n) is 4.71. The summed E-state index contributed by atoms with van der Waals surface area (Å²) < 4.78 is 21.2. The number of imide groups is 1. The van der Waals surface area contributed by atoms with Gasteiger partial charge < -0.3 is 24.3 Å². The Morgan fingerprint density at radius 3 is 2.62 bits per heavy atom. The van der Waals surface area contributed by atoms with Crippen molar-refractivity contribution < 1.29 is 28.5 Å². The molecule has 2 aromatic carbocycles. The Morgan fingerprint density at radius 1 is 1.03 bits per heavy atom. The number of fused-ring (bicyclic) bond motifs is 1. The quantitative estimate of drug-likeness (QED) is 0.719. The van der Waals surface area contributed by atoms with Gasteiger partial charge in [-0.2, -0.15) is 0 Å². The fourth-order valence-corrected chi connectivity index (χ4v) is 3.30. The molecule has 2 aromatic rings. The molecule has 0 saturated heterocycles. The van der Waals surface area contributed by atoms with Gasteiger partial charge in [0.1, 0.15) is 11.4 Å². The van der Waals surface area contributed by atoms with Crippen LogP contribution in [0.15, 0.2) is 48.2 Å². The van der Waals surface area contributed by atoms with Crippen LogP contribution in [0.3, 0.4) is 0 Å². The first-order valence-corrected chi connectivity index (χ1v) is 9.03. The van der Waals surface area contributed by atoms with E-state index in [1.807, 2.05) is 0 Å². The second-order valence-corrected chi connectivity index (χ2v) is 6.40. The van der Waals surface area contributed by atoms with Crippen molar-refractivity contribution in [1.29, 1.82) is 0 Å². The van der Waals surface area contributed by atoms with Gasteiger partial charge in [0.05, 0.1) is 25.8 Å². The topological polar surface area (TPSA) is 86.3 Å². The zero-order valence-corrected chi connectivity index (χ0v) is 16.1. The van der Waals surface area contributed by atoms with E-state index in [-0.39, 0.29) is 31.2 Å². The first-order chi connectivity index (χ1) is 14.1. The van der Waals surface area contributed by atoms with E-state index < -0.39 is 11.8 Å². The number of carbonyl (C=O) groups is 2. The maximum atomic E-state index is 13.1. The van der Waals surface area contributed by atoms with Crippen molar-refractivity contribution in [3.63, 3.8) is 0 Å². The summed E-state index contributed by atoms with van der Waals surface area (Å²) in [5.74, 6) is 0.875. The van der Waals surface area contributed by atoms with Crippen LogP contribution in [0, 0.1) is 0 Å². The molecule has 29 heavy (non-hydrogen) atoms. The molecule has 0 unspecified atom stereocenters. The van der Waals surface area contributed by atoms with E-state index in [1.54, 1.807) is 42.5 Å². The van der Waals surface area contributed by atoms with Crippen molar-refractivity contribution in [2.24, 2.45) is 0 Å². The van der Waals surface area contributed by atoms with Gasteiger partial charge in [-0.15, -0.1) is 0 Å². The van der Waals surface area contributed by atoms with Gasteiger partial charge >= 0.3 is 0 Å². The Morgan fingerprint density at radius 2 is 1.83 bits per heavy atom. The Balaban J connectivity index is 1.77. The average molecular weight is 396 g/mol. The van der Waals surface area contributed by atoms with Gasteiger partial charge in [0.25, 0.3) is 11.8 Å². The lowest BCUT2D eigenvalue weighted by Crippen LogP contribution is -2.35. The van der Waals surface area contributed by atoms with E-state index in [4.69, 9.17) is 18.9 Å². The summed E-state index contributed by atoms with van der Waals surface area (Å²) in [5, 5.41) is 3.09. The number of ether oxygens (including phenoxy) is 4. The van der Waals surface area contributed by atoms with E-state index in [0.29, 0.717) is 28.5 Å². The van der Waals surface area contributed by atoms with Gasteiger partial charge in [-0.1, -0.05) is 18.2 Å². The summed E-state index contributed by atoms with van der Waals surface area (Å²) in [4.78, 5) is 27.4. The summed E-state index contributed by atoms with van der Waals surface area (Å²) in [5.41, 5.74) is 1.57. The van der Waals surface area contributed by atoms with Gasteiger partial charge in [-0.05, 0) is 18.2 Å². The molecular weight excluding hydrogens is 376 g/mol. The van der Waals surface area contributed by atoms with Gasteiger partial charge in [0.2, 0.25) is 6.79 Å². The standard InChI is InChI=1S/C21H20N2O6/c1-26-10-9-23-20(24)18(14-5-3-4-6-15(14)27-2)19(21(23)25)22-13-7-8-16-17(11-13)29-12-28-16/h3-8,11,22H,9-10,12H2,1-2H3. The van der Waals surface area contributed by atoms with Crippen molar-refractivity contribution in [3.8, 4) is 17.2 Å². The van der Waals surface area contributed by atoms with Crippen molar-refractivity contribution in [2.45, 2.75) is 0 Å². The van der Waals surface area contributed by atoms with Crippen LogP contribution in [-0.4, -0.2) is 50.9 Å². The molecule has 0 aromatic heterocycles. The number of hydrogen-bond acceptors (Lipinski definition) is 7. The van der Waals surface area contributed by atoms with Gasteiger partial charge in [0.15, 0.2) is 11.5 Å². The number of anilines is 1. The molecule has 0 radical (unpaired) electrons. The number of nitrogens with one attached hydrogen (secondary N) is 1. The molecule has 0 aliphatic carbocycles. The Hall–Kier alpha value is -3.52. The van der Waals surface area contributed by atoms with Crippen LogP contribution in [0.2, 0.25) is 0 Å². The van der Waals surface area contributed by atoms with E-state index in [2.05, 4.69) is 5.32 Å². The van der Waals surface area contributed by atoms with Crippen LogP contribution in [0.1, 0.15) is 5.56 Å². The Labute approximate surface area is 167 Å². The van der Waals surface area contributed by atoms with E-state index in [9.17, 15) is 9.59 Å². The molecule has 4 rings (SSSR count). The average Bonchev–Trinajstić information content (AvgIpc) is 3.29. The van der Waals surface area contributed by atoms with Gasteiger partial charge in [-0.3, -0.25) is 14.5 Å². The molecule has 0 bridgehead atoms. The first kappa shape index (κ1) is 18.8. The molecule has 150 valence electrons. The number of methoxy groups -OCH3 is 2. The van der Waals surface area contributed by atoms with Crippen molar-refractivity contribution in [1.82, 2.24) is 4.90 Å². The minimum atomic E-state index is -0.425. The van der Waals surface area contributed by atoms with Crippen LogP contribution >= 0.6 is 0 Å². The van der Waals surface area contributed by atoms with E-state index in [1.165, 1.54) is 19.1 Å². The van der Waals surface area contributed by atoms with Crippen LogP contribution in [0.5, 0.6) is 17.2 Å². The fraction of sp³-hybridized carbons (Fsp3) is 0.238. The third kappa shape index (κ3) is 3.38. The molecule has 2 aliphatic rings. The molecule has 0 saturated carbocycles. The monoisotopic (exact) mass is 396 g/mol. The van der Waals surface area contributed by atoms with Crippen LogP contribution in [0.25, 0.3) is 5.57 Å². The van der Waals surface area contributed by atoms with Crippen LogP contribution in [-0.2, 0) is 14.3 Å². The van der Waals surface area contributed by atoms with Crippen LogP contribution < -0.4 is 19.5 Å². The lowest BCUT2D eigenvalue weighted by molar-refractivity contribution is -0.137. The number of hydrogen-bond donors (Lipinski definition) is 1. The molecule has 0 fully saturated rings. The summed E-state index contributed by atoms with van der Waals surface area (Å²) in [6.45, 7) is 0.545.